The van der Waals surface area contributed by atoms with Crippen LogP contribution in [0.25, 0.3) is 0 Å². The van der Waals surface area contributed by atoms with Gasteiger partial charge >= 0.3 is 0 Å². The fourth-order valence-corrected chi connectivity index (χ4v) is 2.61. The first-order chi connectivity index (χ1) is 11.3. The third-order valence-electron chi connectivity index (χ3n) is 3.89. The van der Waals surface area contributed by atoms with Gasteiger partial charge in [-0.05, 0) is 25.3 Å². The second-order valence-electron chi connectivity index (χ2n) is 6.32. The average molecular weight is 324 g/mol. The van der Waals surface area contributed by atoms with Gasteiger partial charge in [0.05, 0.1) is 5.56 Å². The lowest BCUT2D eigenvalue weighted by Gasteiger charge is -2.17. The first-order valence-electron chi connectivity index (χ1n) is 7.75. The van der Waals surface area contributed by atoms with E-state index in [2.05, 4.69) is 0 Å². The number of nitriles is 1. The predicted octanol–water partition coefficient (Wildman–Crippen LogP) is 2.93. The summed E-state index contributed by atoms with van der Waals surface area (Å²) < 4.78 is 1.11. The van der Waals surface area contributed by atoms with E-state index in [1.807, 2.05) is 26.8 Å². The van der Waals surface area contributed by atoms with Gasteiger partial charge in [0.1, 0.15) is 11.6 Å². The Morgan fingerprint density at radius 1 is 1.25 bits per heavy atom. The fourth-order valence-electron chi connectivity index (χ4n) is 2.61. The van der Waals surface area contributed by atoms with Crippen molar-refractivity contribution in [1.82, 2.24) is 4.57 Å². The van der Waals surface area contributed by atoms with Crippen LogP contribution >= 0.6 is 0 Å². The van der Waals surface area contributed by atoms with Crippen molar-refractivity contribution < 1.29 is 9.90 Å². The number of rotatable bonds is 4. The van der Waals surface area contributed by atoms with Crippen LogP contribution in [0.3, 0.4) is 0 Å². The molecule has 124 valence electrons. The molecule has 5 nitrogen and oxygen atoms in total. The molecule has 24 heavy (non-hydrogen) atoms. The van der Waals surface area contributed by atoms with Crippen LogP contribution < -0.4 is 5.56 Å². The topological polar surface area (TPSA) is 83.1 Å². The number of ketones is 1. The zero-order valence-electron chi connectivity index (χ0n) is 14.3. The lowest BCUT2D eigenvalue weighted by Crippen LogP contribution is -2.28. The molecule has 0 bridgehead atoms. The lowest BCUT2D eigenvalue weighted by molar-refractivity contribution is 0.103. The normalized spacial score (nSPS) is 10.7. The molecule has 1 aromatic carbocycles. The maximum Gasteiger partial charge on any atom is 0.271 e. The number of pyridine rings is 1. The van der Waals surface area contributed by atoms with Gasteiger partial charge in [0.2, 0.25) is 5.88 Å². The highest BCUT2D eigenvalue weighted by atomic mass is 16.3. The number of benzene rings is 1. The number of carbonyl (C=O) groups excluding carboxylic acids is 1. The highest BCUT2D eigenvalue weighted by Gasteiger charge is 2.25. The molecule has 0 saturated heterocycles. The van der Waals surface area contributed by atoms with Gasteiger partial charge in [-0.2, -0.15) is 5.26 Å². The maximum absolute atomic E-state index is 12.8. The number of carbonyl (C=O) groups is 1. The van der Waals surface area contributed by atoms with Crippen molar-refractivity contribution in [2.24, 2.45) is 5.92 Å². The van der Waals surface area contributed by atoms with E-state index < -0.39 is 11.3 Å². The van der Waals surface area contributed by atoms with E-state index >= 15 is 0 Å². The molecule has 0 radical (unpaired) electrons. The molecule has 0 aliphatic heterocycles. The first kappa shape index (κ1) is 17.5. The number of hydrogen-bond donors (Lipinski definition) is 1. The zero-order valence-corrected chi connectivity index (χ0v) is 14.3. The molecule has 0 amide bonds. The molecule has 2 aromatic rings. The highest BCUT2D eigenvalue weighted by molar-refractivity contribution is 6.11. The summed E-state index contributed by atoms with van der Waals surface area (Å²) in [5.74, 6) is -0.708. The third-order valence-corrected chi connectivity index (χ3v) is 3.89. The van der Waals surface area contributed by atoms with Gasteiger partial charge in [0, 0.05) is 12.1 Å². The summed E-state index contributed by atoms with van der Waals surface area (Å²) in [6.07, 6.45) is 0. The summed E-state index contributed by atoms with van der Waals surface area (Å²) >= 11 is 0. The second kappa shape index (κ2) is 6.71. The molecule has 0 unspecified atom stereocenters. The van der Waals surface area contributed by atoms with Gasteiger partial charge in [-0.15, -0.1) is 0 Å². The minimum atomic E-state index is -0.568. The van der Waals surface area contributed by atoms with E-state index in [1.54, 1.807) is 24.3 Å². The minimum Gasteiger partial charge on any atom is -0.494 e. The van der Waals surface area contributed by atoms with E-state index in [1.165, 1.54) is 6.92 Å². The summed E-state index contributed by atoms with van der Waals surface area (Å²) in [5.41, 5.74) is 0.958. The van der Waals surface area contributed by atoms with E-state index in [-0.39, 0.29) is 35.0 Å². The Labute approximate surface area is 140 Å². The summed E-state index contributed by atoms with van der Waals surface area (Å²) in [5, 5.41) is 19.8. The average Bonchev–Trinajstić information content (AvgIpc) is 2.52. The predicted molar refractivity (Wildman–Crippen MR) is 91.3 cm³/mol. The molecule has 0 atom stereocenters. The summed E-state index contributed by atoms with van der Waals surface area (Å²) in [7, 11) is 0. The van der Waals surface area contributed by atoms with E-state index in [4.69, 9.17) is 0 Å². The van der Waals surface area contributed by atoms with Crippen LogP contribution in [-0.4, -0.2) is 15.5 Å². The Morgan fingerprint density at radius 2 is 1.83 bits per heavy atom. The molecule has 0 spiro atoms. The number of hydrogen-bond acceptors (Lipinski definition) is 4. The van der Waals surface area contributed by atoms with Gasteiger partial charge in [0.15, 0.2) is 5.78 Å². The first-order valence-corrected chi connectivity index (χ1v) is 7.75. The van der Waals surface area contributed by atoms with Crippen molar-refractivity contribution in [1.29, 1.82) is 5.26 Å². The number of nitrogens with zero attached hydrogens (tertiary/aromatic N) is 2. The number of aryl methyl sites for hydroxylation is 1. The summed E-state index contributed by atoms with van der Waals surface area (Å²) in [6.45, 7) is 7.43. The van der Waals surface area contributed by atoms with Crippen LogP contribution in [0.1, 0.15) is 46.5 Å². The minimum absolute atomic E-state index is 0.00986. The molecule has 2 rings (SSSR count). The Bertz CT molecular complexity index is 885. The van der Waals surface area contributed by atoms with Gasteiger partial charge in [0.25, 0.3) is 5.56 Å². The number of aromatic nitrogens is 1. The molecule has 0 fully saturated rings. The lowest BCUT2D eigenvalue weighted by atomic mass is 9.96. The second-order valence-corrected chi connectivity index (χ2v) is 6.32. The van der Waals surface area contributed by atoms with Gasteiger partial charge in [-0.3, -0.25) is 14.2 Å². The van der Waals surface area contributed by atoms with Crippen LogP contribution in [0.15, 0.2) is 29.1 Å². The van der Waals surface area contributed by atoms with Crippen molar-refractivity contribution in [3.63, 3.8) is 0 Å². The molecule has 1 aromatic heterocycles. The third kappa shape index (κ3) is 3.09. The smallest absolute Gasteiger partial charge is 0.271 e. The SMILES string of the molecule is Cc1ccc(C(=O)c2c(C)c(C#N)c(=O)n(CC(C)C)c2O)cc1. The summed E-state index contributed by atoms with van der Waals surface area (Å²) in [6, 6.07) is 8.80. The van der Waals surface area contributed by atoms with Crippen LogP contribution in [0.4, 0.5) is 0 Å². The Hall–Kier alpha value is -2.87. The molecular formula is C19H20N2O3. The fraction of sp³-hybridized carbons (Fsp3) is 0.316. The Kier molecular flexibility index (Phi) is 4.89. The zero-order chi connectivity index (χ0) is 18.0. The van der Waals surface area contributed by atoms with Crippen molar-refractivity contribution in [2.75, 3.05) is 0 Å². The molecule has 0 aliphatic rings. The van der Waals surface area contributed by atoms with Crippen LogP contribution in [0, 0.1) is 31.1 Å². The van der Waals surface area contributed by atoms with Crippen molar-refractivity contribution in [2.45, 2.75) is 34.2 Å². The molecule has 0 saturated carbocycles. The monoisotopic (exact) mass is 324 g/mol. The largest absolute Gasteiger partial charge is 0.494 e. The van der Waals surface area contributed by atoms with Crippen molar-refractivity contribution in [3.8, 4) is 11.9 Å². The molecule has 1 heterocycles. The molecular weight excluding hydrogens is 304 g/mol. The van der Waals surface area contributed by atoms with E-state index in [0.29, 0.717) is 5.56 Å². The molecule has 5 heteroatoms. The van der Waals surface area contributed by atoms with E-state index in [0.717, 1.165) is 10.1 Å². The van der Waals surface area contributed by atoms with Gasteiger partial charge in [-0.25, -0.2) is 0 Å². The standard InChI is InChI=1S/C19H20N2O3/c1-11(2)10-21-18(23)15(9-20)13(4)16(19(21)24)17(22)14-7-5-12(3)6-8-14/h5-8,11,24H,10H2,1-4H3. The van der Waals surface area contributed by atoms with Crippen LogP contribution in [0.5, 0.6) is 5.88 Å². The Balaban J connectivity index is 2.73. The number of aromatic hydroxyl groups is 1. The van der Waals surface area contributed by atoms with Crippen molar-refractivity contribution in [3.05, 3.63) is 62.4 Å². The van der Waals surface area contributed by atoms with Crippen LogP contribution in [-0.2, 0) is 6.54 Å². The molecule has 1 N–H and O–H groups in total. The van der Waals surface area contributed by atoms with E-state index in [9.17, 15) is 20.0 Å². The van der Waals surface area contributed by atoms with Crippen LogP contribution in [0.2, 0.25) is 0 Å². The Morgan fingerprint density at radius 3 is 2.33 bits per heavy atom. The maximum atomic E-state index is 12.8. The quantitative estimate of drug-likeness (QED) is 0.877. The summed E-state index contributed by atoms with van der Waals surface area (Å²) in [4.78, 5) is 25.2. The van der Waals surface area contributed by atoms with Gasteiger partial charge in [-0.1, -0.05) is 43.7 Å². The van der Waals surface area contributed by atoms with Crippen molar-refractivity contribution >= 4 is 5.78 Å². The highest BCUT2D eigenvalue weighted by Crippen LogP contribution is 2.25. The molecule has 0 aliphatic carbocycles. The van der Waals surface area contributed by atoms with Gasteiger partial charge < -0.3 is 5.11 Å².